The van der Waals surface area contributed by atoms with Gasteiger partial charge in [-0.1, -0.05) is 20.3 Å². The van der Waals surface area contributed by atoms with Gasteiger partial charge in [-0.25, -0.2) is 4.79 Å². The van der Waals surface area contributed by atoms with Crippen LogP contribution in [-0.4, -0.2) is 42.0 Å². The van der Waals surface area contributed by atoms with Gasteiger partial charge in [0.1, 0.15) is 0 Å². The van der Waals surface area contributed by atoms with Crippen molar-refractivity contribution in [2.45, 2.75) is 52.4 Å². The van der Waals surface area contributed by atoms with E-state index < -0.39 is 0 Å². The zero-order valence-electron chi connectivity index (χ0n) is 10.9. The highest BCUT2D eigenvalue weighted by Gasteiger charge is 2.21. The van der Waals surface area contributed by atoms with Gasteiger partial charge >= 0.3 is 6.03 Å². The van der Waals surface area contributed by atoms with Gasteiger partial charge in [0.2, 0.25) is 0 Å². The SMILES string of the molecule is CCCCN(CCC)C(=O)N1CCCCC1. The average Bonchev–Trinajstić information content (AvgIpc) is 2.35. The minimum absolute atomic E-state index is 0.273. The van der Waals surface area contributed by atoms with Crippen LogP contribution in [0, 0.1) is 0 Å². The van der Waals surface area contributed by atoms with Crippen molar-refractivity contribution in [2.24, 2.45) is 0 Å². The highest BCUT2D eigenvalue weighted by molar-refractivity contribution is 5.74. The van der Waals surface area contributed by atoms with Crippen LogP contribution in [0.5, 0.6) is 0 Å². The van der Waals surface area contributed by atoms with Gasteiger partial charge in [-0.2, -0.15) is 0 Å². The van der Waals surface area contributed by atoms with Crippen LogP contribution in [0.25, 0.3) is 0 Å². The van der Waals surface area contributed by atoms with E-state index in [2.05, 4.69) is 13.8 Å². The third kappa shape index (κ3) is 4.03. The molecular formula is C13H26N2O. The van der Waals surface area contributed by atoms with Crippen molar-refractivity contribution in [1.82, 2.24) is 9.80 Å². The molecule has 1 aliphatic rings. The maximum atomic E-state index is 12.2. The summed E-state index contributed by atoms with van der Waals surface area (Å²) in [6, 6.07) is 0.273. The second-order valence-corrected chi connectivity index (χ2v) is 4.67. The summed E-state index contributed by atoms with van der Waals surface area (Å²) in [7, 11) is 0. The van der Waals surface area contributed by atoms with Crippen molar-refractivity contribution >= 4 is 6.03 Å². The number of piperidine rings is 1. The zero-order chi connectivity index (χ0) is 11.8. The Morgan fingerprint density at radius 2 is 1.75 bits per heavy atom. The number of hydrogen-bond donors (Lipinski definition) is 0. The number of carbonyl (C=O) groups excluding carboxylic acids is 1. The summed E-state index contributed by atoms with van der Waals surface area (Å²) in [5, 5.41) is 0. The molecule has 0 spiro atoms. The van der Waals surface area contributed by atoms with E-state index in [0.29, 0.717) is 0 Å². The Hall–Kier alpha value is -0.730. The fourth-order valence-electron chi connectivity index (χ4n) is 2.21. The molecule has 0 atom stereocenters. The summed E-state index contributed by atoms with van der Waals surface area (Å²) in [6.07, 6.45) is 6.99. The molecule has 0 aromatic carbocycles. The fourth-order valence-corrected chi connectivity index (χ4v) is 2.21. The van der Waals surface area contributed by atoms with Gasteiger partial charge < -0.3 is 9.80 Å². The van der Waals surface area contributed by atoms with Gasteiger partial charge in [-0.3, -0.25) is 0 Å². The first kappa shape index (κ1) is 13.3. The highest BCUT2D eigenvalue weighted by atomic mass is 16.2. The summed E-state index contributed by atoms with van der Waals surface area (Å²) >= 11 is 0. The van der Waals surface area contributed by atoms with Crippen LogP contribution in [0.15, 0.2) is 0 Å². The monoisotopic (exact) mass is 226 g/mol. The molecule has 3 nitrogen and oxygen atoms in total. The summed E-state index contributed by atoms with van der Waals surface area (Å²) in [6.45, 7) is 8.09. The molecule has 0 bridgehead atoms. The van der Waals surface area contributed by atoms with Crippen LogP contribution in [0.3, 0.4) is 0 Å². The molecule has 3 heteroatoms. The first-order valence-electron chi connectivity index (χ1n) is 6.83. The molecule has 0 aliphatic carbocycles. The number of nitrogens with zero attached hydrogens (tertiary/aromatic N) is 2. The molecule has 0 aromatic rings. The van der Waals surface area contributed by atoms with Gasteiger partial charge in [0.25, 0.3) is 0 Å². The Labute approximate surface area is 99.8 Å². The van der Waals surface area contributed by atoms with Crippen molar-refractivity contribution in [3.8, 4) is 0 Å². The molecule has 94 valence electrons. The van der Waals surface area contributed by atoms with E-state index in [1.54, 1.807) is 0 Å². The fraction of sp³-hybridized carbons (Fsp3) is 0.923. The molecule has 16 heavy (non-hydrogen) atoms. The molecule has 1 aliphatic heterocycles. The number of unbranched alkanes of at least 4 members (excludes halogenated alkanes) is 1. The topological polar surface area (TPSA) is 23.6 Å². The average molecular weight is 226 g/mol. The molecule has 0 unspecified atom stereocenters. The summed E-state index contributed by atoms with van der Waals surface area (Å²) in [4.78, 5) is 16.3. The Balaban J connectivity index is 2.44. The number of amides is 2. The third-order valence-electron chi connectivity index (χ3n) is 3.17. The second kappa shape index (κ2) is 7.53. The predicted molar refractivity (Wildman–Crippen MR) is 67.6 cm³/mol. The van der Waals surface area contributed by atoms with Crippen LogP contribution < -0.4 is 0 Å². The van der Waals surface area contributed by atoms with Gasteiger partial charge in [0, 0.05) is 26.2 Å². The molecule has 0 saturated carbocycles. The molecule has 1 saturated heterocycles. The lowest BCUT2D eigenvalue weighted by molar-refractivity contribution is 0.143. The molecule has 1 heterocycles. The number of likely N-dealkylation sites (tertiary alicyclic amines) is 1. The number of carbonyl (C=O) groups is 1. The lowest BCUT2D eigenvalue weighted by Crippen LogP contribution is -2.46. The summed E-state index contributed by atoms with van der Waals surface area (Å²) in [5.41, 5.74) is 0. The molecule has 2 amide bonds. The van der Waals surface area contributed by atoms with Crippen LogP contribution in [0.2, 0.25) is 0 Å². The summed E-state index contributed by atoms with van der Waals surface area (Å²) < 4.78 is 0. The van der Waals surface area contributed by atoms with E-state index in [4.69, 9.17) is 0 Å². The zero-order valence-corrected chi connectivity index (χ0v) is 10.9. The Morgan fingerprint density at radius 1 is 1.06 bits per heavy atom. The minimum atomic E-state index is 0.273. The molecule has 0 N–H and O–H groups in total. The van der Waals surface area contributed by atoms with E-state index in [1.165, 1.54) is 19.3 Å². The molecule has 1 fully saturated rings. The predicted octanol–water partition coefficient (Wildman–Crippen LogP) is 3.10. The quantitative estimate of drug-likeness (QED) is 0.706. The Morgan fingerprint density at radius 3 is 2.31 bits per heavy atom. The minimum Gasteiger partial charge on any atom is -0.325 e. The third-order valence-corrected chi connectivity index (χ3v) is 3.17. The van der Waals surface area contributed by atoms with Crippen molar-refractivity contribution < 1.29 is 4.79 Å². The molecule has 0 aromatic heterocycles. The number of hydrogen-bond acceptors (Lipinski definition) is 1. The van der Waals surface area contributed by atoms with Crippen molar-refractivity contribution in [1.29, 1.82) is 0 Å². The van der Waals surface area contributed by atoms with Crippen LogP contribution >= 0.6 is 0 Å². The second-order valence-electron chi connectivity index (χ2n) is 4.67. The van der Waals surface area contributed by atoms with Crippen LogP contribution in [-0.2, 0) is 0 Å². The van der Waals surface area contributed by atoms with Gasteiger partial charge in [0.15, 0.2) is 0 Å². The smallest absolute Gasteiger partial charge is 0.319 e. The van der Waals surface area contributed by atoms with E-state index >= 15 is 0 Å². The van der Waals surface area contributed by atoms with Crippen LogP contribution in [0.4, 0.5) is 4.79 Å². The first-order valence-corrected chi connectivity index (χ1v) is 6.83. The Bertz CT molecular complexity index is 200. The van der Waals surface area contributed by atoms with E-state index in [0.717, 1.165) is 45.4 Å². The van der Waals surface area contributed by atoms with Crippen molar-refractivity contribution in [2.75, 3.05) is 26.2 Å². The lowest BCUT2D eigenvalue weighted by atomic mass is 10.1. The largest absolute Gasteiger partial charge is 0.325 e. The van der Waals surface area contributed by atoms with Gasteiger partial charge in [-0.05, 0) is 32.1 Å². The van der Waals surface area contributed by atoms with Crippen molar-refractivity contribution in [3.63, 3.8) is 0 Å². The normalized spacial score (nSPS) is 16.2. The maximum Gasteiger partial charge on any atom is 0.319 e. The standard InChI is InChI=1S/C13H26N2O/c1-3-5-10-14(9-4-2)13(16)15-11-7-6-8-12-15/h3-12H2,1-2H3. The van der Waals surface area contributed by atoms with Crippen LogP contribution in [0.1, 0.15) is 52.4 Å². The summed E-state index contributed by atoms with van der Waals surface area (Å²) in [5.74, 6) is 0. The van der Waals surface area contributed by atoms with Gasteiger partial charge in [0.05, 0.1) is 0 Å². The highest BCUT2D eigenvalue weighted by Crippen LogP contribution is 2.12. The lowest BCUT2D eigenvalue weighted by Gasteiger charge is -2.33. The van der Waals surface area contributed by atoms with E-state index in [1.807, 2.05) is 9.80 Å². The van der Waals surface area contributed by atoms with E-state index in [9.17, 15) is 4.79 Å². The number of urea groups is 1. The van der Waals surface area contributed by atoms with E-state index in [-0.39, 0.29) is 6.03 Å². The maximum absolute atomic E-state index is 12.2. The molecule has 0 radical (unpaired) electrons. The molecular weight excluding hydrogens is 200 g/mol. The van der Waals surface area contributed by atoms with Gasteiger partial charge in [-0.15, -0.1) is 0 Å². The van der Waals surface area contributed by atoms with Crippen molar-refractivity contribution in [3.05, 3.63) is 0 Å². The first-order chi connectivity index (χ1) is 7.79. The Kier molecular flexibility index (Phi) is 6.27. The molecule has 1 rings (SSSR count). The number of rotatable bonds is 5.